The number of rotatable bonds is 1. The molecule has 0 unspecified atom stereocenters. The molecule has 3 aromatic rings. The molecular formula is C14H8ClF3N2O. The molecule has 0 aliphatic rings. The molecule has 3 nitrogen and oxygen atoms in total. The van der Waals surface area contributed by atoms with E-state index in [-0.39, 0.29) is 17.0 Å². The van der Waals surface area contributed by atoms with Gasteiger partial charge in [-0.3, -0.25) is 0 Å². The minimum absolute atomic E-state index is 0.133. The average Bonchev–Trinajstić information content (AvgIpc) is 2.83. The summed E-state index contributed by atoms with van der Waals surface area (Å²) in [6.07, 6.45) is -4.42. The Balaban J connectivity index is 2.10. The molecule has 0 bridgehead atoms. The van der Waals surface area contributed by atoms with Gasteiger partial charge in [-0.2, -0.15) is 13.2 Å². The summed E-state index contributed by atoms with van der Waals surface area (Å²) in [5.74, 6) is 0.188. The lowest BCUT2D eigenvalue weighted by Gasteiger charge is -2.04. The Morgan fingerprint density at radius 2 is 1.86 bits per heavy atom. The number of hydrogen-bond acceptors (Lipinski definition) is 3. The SMILES string of the molecule is Nc1cc(-c2nc3cc(C(F)(F)F)ccc3o2)ccc1Cl. The minimum Gasteiger partial charge on any atom is -0.436 e. The maximum absolute atomic E-state index is 12.7. The molecule has 21 heavy (non-hydrogen) atoms. The third-order valence-corrected chi connectivity index (χ3v) is 3.30. The molecule has 0 atom stereocenters. The van der Waals surface area contributed by atoms with E-state index in [2.05, 4.69) is 4.98 Å². The molecule has 0 saturated carbocycles. The van der Waals surface area contributed by atoms with Crippen LogP contribution in [0.25, 0.3) is 22.6 Å². The van der Waals surface area contributed by atoms with E-state index in [1.54, 1.807) is 18.2 Å². The Kier molecular flexibility index (Phi) is 3.06. The number of nitrogens with zero attached hydrogens (tertiary/aromatic N) is 1. The summed E-state index contributed by atoms with van der Waals surface area (Å²) < 4.78 is 43.4. The van der Waals surface area contributed by atoms with Gasteiger partial charge in [0, 0.05) is 5.56 Å². The molecule has 0 saturated heterocycles. The van der Waals surface area contributed by atoms with Gasteiger partial charge in [0.05, 0.1) is 16.3 Å². The van der Waals surface area contributed by atoms with Crippen molar-refractivity contribution in [2.45, 2.75) is 6.18 Å². The van der Waals surface area contributed by atoms with E-state index in [0.717, 1.165) is 12.1 Å². The van der Waals surface area contributed by atoms with Gasteiger partial charge >= 0.3 is 6.18 Å². The standard InChI is InChI=1S/C14H8ClF3N2O/c15-9-3-1-7(5-10(9)19)13-20-11-6-8(14(16,17)18)2-4-12(11)21-13/h1-6H,19H2. The first-order chi connectivity index (χ1) is 9.84. The second-order valence-electron chi connectivity index (χ2n) is 4.44. The van der Waals surface area contributed by atoms with Crippen LogP contribution < -0.4 is 5.73 Å². The van der Waals surface area contributed by atoms with Crippen LogP contribution in [-0.2, 0) is 6.18 Å². The van der Waals surface area contributed by atoms with Crippen LogP contribution in [0.3, 0.4) is 0 Å². The number of oxazole rings is 1. The molecule has 2 aromatic carbocycles. The molecular weight excluding hydrogens is 305 g/mol. The van der Waals surface area contributed by atoms with Gasteiger partial charge in [0.15, 0.2) is 5.58 Å². The fraction of sp³-hybridized carbons (Fsp3) is 0.0714. The van der Waals surface area contributed by atoms with Crippen LogP contribution in [0.4, 0.5) is 18.9 Å². The smallest absolute Gasteiger partial charge is 0.416 e. The van der Waals surface area contributed by atoms with Crippen LogP contribution in [0, 0.1) is 0 Å². The average molecular weight is 313 g/mol. The lowest BCUT2D eigenvalue weighted by atomic mass is 10.2. The lowest BCUT2D eigenvalue weighted by molar-refractivity contribution is -0.137. The number of nitrogens with two attached hydrogens (primary N) is 1. The predicted octanol–water partition coefficient (Wildman–Crippen LogP) is 4.75. The normalized spacial score (nSPS) is 12.0. The molecule has 0 amide bonds. The molecule has 3 rings (SSSR count). The van der Waals surface area contributed by atoms with Crippen LogP contribution in [-0.4, -0.2) is 4.98 Å². The third-order valence-electron chi connectivity index (χ3n) is 2.96. The Morgan fingerprint density at radius 1 is 1.10 bits per heavy atom. The van der Waals surface area contributed by atoms with Crippen LogP contribution >= 0.6 is 11.6 Å². The Morgan fingerprint density at radius 3 is 2.52 bits per heavy atom. The van der Waals surface area contributed by atoms with E-state index in [1.165, 1.54) is 6.07 Å². The maximum Gasteiger partial charge on any atom is 0.416 e. The molecule has 1 heterocycles. The van der Waals surface area contributed by atoms with E-state index < -0.39 is 11.7 Å². The number of hydrogen-bond donors (Lipinski definition) is 1. The van der Waals surface area contributed by atoms with Gasteiger partial charge in [-0.05, 0) is 36.4 Å². The first-order valence-electron chi connectivity index (χ1n) is 5.88. The highest BCUT2D eigenvalue weighted by atomic mass is 35.5. The van der Waals surface area contributed by atoms with Crippen LogP contribution in [0.5, 0.6) is 0 Å². The number of anilines is 1. The topological polar surface area (TPSA) is 52.0 Å². The highest BCUT2D eigenvalue weighted by molar-refractivity contribution is 6.33. The molecule has 0 spiro atoms. The van der Waals surface area contributed by atoms with Crippen LogP contribution in [0.15, 0.2) is 40.8 Å². The van der Waals surface area contributed by atoms with Crippen molar-refractivity contribution >= 4 is 28.4 Å². The summed E-state index contributed by atoms with van der Waals surface area (Å²) in [6.45, 7) is 0. The number of fused-ring (bicyclic) bond motifs is 1. The van der Waals surface area contributed by atoms with Crippen molar-refractivity contribution in [3.8, 4) is 11.5 Å². The van der Waals surface area contributed by atoms with E-state index in [9.17, 15) is 13.2 Å². The zero-order valence-electron chi connectivity index (χ0n) is 10.4. The van der Waals surface area contributed by atoms with Crippen molar-refractivity contribution in [1.29, 1.82) is 0 Å². The number of aromatic nitrogens is 1. The Bertz CT molecular complexity index is 827. The number of benzene rings is 2. The molecule has 108 valence electrons. The van der Waals surface area contributed by atoms with Crippen molar-refractivity contribution in [3.63, 3.8) is 0 Å². The molecule has 0 aliphatic carbocycles. The van der Waals surface area contributed by atoms with Crippen molar-refractivity contribution in [1.82, 2.24) is 4.98 Å². The molecule has 0 aliphatic heterocycles. The van der Waals surface area contributed by atoms with Gasteiger partial charge in [-0.1, -0.05) is 11.6 Å². The molecule has 0 radical (unpaired) electrons. The van der Waals surface area contributed by atoms with Gasteiger partial charge in [0.1, 0.15) is 5.52 Å². The highest BCUT2D eigenvalue weighted by Gasteiger charge is 2.31. The summed E-state index contributed by atoms with van der Waals surface area (Å²) in [6, 6.07) is 7.90. The largest absolute Gasteiger partial charge is 0.436 e. The molecule has 7 heteroatoms. The summed E-state index contributed by atoms with van der Waals surface area (Å²) in [5, 5.41) is 0.384. The van der Waals surface area contributed by atoms with Crippen LogP contribution in [0.1, 0.15) is 5.56 Å². The van der Waals surface area contributed by atoms with Gasteiger partial charge < -0.3 is 10.2 Å². The number of nitrogen functional groups attached to an aromatic ring is 1. The van der Waals surface area contributed by atoms with Crippen molar-refractivity contribution in [2.24, 2.45) is 0 Å². The first kappa shape index (κ1) is 13.8. The van der Waals surface area contributed by atoms with Gasteiger partial charge in [0.25, 0.3) is 0 Å². The highest BCUT2D eigenvalue weighted by Crippen LogP contribution is 2.33. The quantitative estimate of drug-likeness (QED) is 0.660. The summed E-state index contributed by atoms with van der Waals surface area (Å²) in [7, 11) is 0. The zero-order chi connectivity index (χ0) is 15.2. The first-order valence-corrected chi connectivity index (χ1v) is 6.25. The third kappa shape index (κ3) is 2.54. The number of halogens is 4. The van der Waals surface area contributed by atoms with E-state index in [0.29, 0.717) is 16.3 Å². The predicted molar refractivity (Wildman–Crippen MR) is 73.9 cm³/mol. The van der Waals surface area contributed by atoms with E-state index in [4.69, 9.17) is 21.8 Å². The second-order valence-corrected chi connectivity index (χ2v) is 4.84. The van der Waals surface area contributed by atoms with Crippen LogP contribution in [0.2, 0.25) is 5.02 Å². The van der Waals surface area contributed by atoms with E-state index >= 15 is 0 Å². The second kappa shape index (κ2) is 4.66. The maximum atomic E-state index is 12.7. The molecule has 1 aromatic heterocycles. The Hall–Kier alpha value is -2.21. The minimum atomic E-state index is -4.42. The Labute approximate surface area is 122 Å². The summed E-state index contributed by atoms with van der Waals surface area (Å²) in [5.41, 5.74) is 6.20. The summed E-state index contributed by atoms with van der Waals surface area (Å²) in [4.78, 5) is 4.06. The fourth-order valence-corrected chi connectivity index (χ4v) is 2.02. The fourth-order valence-electron chi connectivity index (χ4n) is 1.90. The van der Waals surface area contributed by atoms with Crippen molar-refractivity contribution in [3.05, 3.63) is 47.0 Å². The molecule has 2 N–H and O–H groups in total. The zero-order valence-corrected chi connectivity index (χ0v) is 11.2. The number of alkyl halides is 3. The van der Waals surface area contributed by atoms with Crippen molar-refractivity contribution in [2.75, 3.05) is 5.73 Å². The molecule has 0 fully saturated rings. The lowest BCUT2D eigenvalue weighted by Crippen LogP contribution is -2.03. The van der Waals surface area contributed by atoms with E-state index in [1.807, 2.05) is 0 Å². The summed E-state index contributed by atoms with van der Waals surface area (Å²) >= 11 is 5.82. The van der Waals surface area contributed by atoms with Crippen molar-refractivity contribution < 1.29 is 17.6 Å². The monoisotopic (exact) mass is 312 g/mol. The van der Waals surface area contributed by atoms with Gasteiger partial charge in [0.2, 0.25) is 5.89 Å². The van der Waals surface area contributed by atoms with Gasteiger partial charge in [-0.15, -0.1) is 0 Å². The van der Waals surface area contributed by atoms with Gasteiger partial charge in [-0.25, -0.2) is 4.98 Å².